The molecule has 1 saturated carbocycles. The van der Waals surface area contributed by atoms with Crippen LogP contribution in [0.4, 0.5) is 4.79 Å². The average molecular weight is 453 g/mol. The van der Waals surface area contributed by atoms with Crippen molar-refractivity contribution in [2.24, 2.45) is 11.8 Å². The molecule has 33 heavy (non-hydrogen) atoms. The third-order valence-electron chi connectivity index (χ3n) is 6.53. The van der Waals surface area contributed by atoms with Crippen molar-refractivity contribution >= 4 is 18.0 Å². The molecule has 0 heterocycles. The minimum Gasteiger partial charge on any atom is -0.479 e. The largest absolute Gasteiger partial charge is 0.479 e. The number of carboxylic acids is 1. The molecule has 0 aromatic heterocycles. The van der Waals surface area contributed by atoms with Crippen LogP contribution in [-0.4, -0.2) is 42.3 Å². The van der Waals surface area contributed by atoms with Crippen LogP contribution in [0.5, 0.6) is 0 Å². The van der Waals surface area contributed by atoms with Crippen molar-refractivity contribution in [2.75, 3.05) is 13.2 Å². The maximum Gasteiger partial charge on any atom is 0.407 e. The summed E-state index contributed by atoms with van der Waals surface area (Å²) < 4.78 is 5.56. The first kappa shape index (κ1) is 22.8. The second-order valence-electron chi connectivity index (χ2n) is 8.57. The number of hydrogen-bond acceptors (Lipinski definition) is 5. The van der Waals surface area contributed by atoms with Gasteiger partial charge in [0.2, 0.25) is 5.91 Å². The first-order chi connectivity index (χ1) is 16.0. The molecular formula is C25H28N2O6. The van der Waals surface area contributed by atoms with Crippen LogP contribution in [0.25, 0.3) is 11.1 Å². The van der Waals surface area contributed by atoms with Crippen molar-refractivity contribution in [1.29, 1.82) is 0 Å². The first-order valence-corrected chi connectivity index (χ1v) is 11.2. The molecule has 2 aromatic carbocycles. The second kappa shape index (κ2) is 10.0. The number of hydroxylamine groups is 1. The van der Waals surface area contributed by atoms with Crippen LogP contribution in [0.3, 0.4) is 0 Å². The van der Waals surface area contributed by atoms with Crippen LogP contribution >= 0.6 is 0 Å². The number of fused-ring (bicyclic) bond motifs is 3. The fourth-order valence-electron chi connectivity index (χ4n) is 4.76. The van der Waals surface area contributed by atoms with E-state index in [4.69, 9.17) is 14.7 Å². The summed E-state index contributed by atoms with van der Waals surface area (Å²) in [6.45, 7) is 1.88. The summed E-state index contributed by atoms with van der Waals surface area (Å²) in [6.07, 6.45) is 0.652. The van der Waals surface area contributed by atoms with Gasteiger partial charge in [-0.2, -0.15) is 0 Å². The Balaban J connectivity index is 1.28. The molecule has 1 fully saturated rings. The molecule has 4 rings (SSSR count). The van der Waals surface area contributed by atoms with Gasteiger partial charge in [0.1, 0.15) is 6.61 Å². The van der Waals surface area contributed by atoms with Crippen molar-refractivity contribution in [3.8, 4) is 11.1 Å². The van der Waals surface area contributed by atoms with Crippen molar-refractivity contribution in [2.45, 2.75) is 38.2 Å². The summed E-state index contributed by atoms with van der Waals surface area (Å²) in [6, 6.07) is 16.3. The third kappa shape index (κ3) is 5.01. The number of carbonyl (C=O) groups excluding carboxylic acids is 2. The molecule has 0 bridgehead atoms. The van der Waals surface area contributed by atoms with Crippen LogP contribution in [0.2, 0.25) is 0 Å². The number of carboxylic acid groups (broad SMARTS) is 1. The highest BCUT2D eigenvalue weighted by Gasteiger charge is 2.34. The highest BCUT2D eigenvalue weighted by atomic mass is 16.7. The molecule has 8 nitrogen and oxygen atoms in total. The lowest BCUT2D eigenvalue weighted by molar-refractivity contribution is -0.160. The number of nitrogens with one attached hydrogen (secondary N) is 2. The van der Waals surface area contributed by atoms with Crippen LogP contribution in [0.15, 0.2) is 48.5 Å². The second-order valence-corrected chi connectivity index (χ2v) is 8.57. The van der Waals surface area contributed by atoms with Gasteiger partial charge in [0.05, 0.1) is 0 Å². The van der Waals surface area contributed by atoms with Gasteiger partial charge < -0.3 is 15.2 Å². The van der Waals surface area contributed by atoms with Crippen LogP contribution in [0, 0.1) is 11.8 Å². The highest BCUT2D eigenvalue weighted by Crippen LogP contribution is 2.44. The van der Waals surface area contributed by atoms with Crippen molar-refractivity contribution in [3.63, 3.8) is 0 Å². The van der Waals surface area contributed by atoms with Crippen molar-refractivity contribution in [1.82, 2.24) is 10.8 Å². The zero-order valence-electron chi connectivity index (χ0n) is 18.5. The number of rotatable bonds is 8. The van der Waals surface area contributed by atoms with Gasteiger partial charge in [-0.25, -0.2) is 15.1 Å². The molecule has 0 saturated heterocycles. The molecule has 3 atom stereocenters. The molecule has 2 aliphatic carbocycles. The summed E-state index contributed by atoms with van der Waals surface area (Å²) in [7, 11) is 0. The van der Waals surface area contributed by atoms with Gasteiger partial charge in [0.25, 0.3) is 0 Å². The zero-order valence-corrected chi connectivity index (χ0v) is 18.5. The van der Waals surface area contributed by atoms with Crippen LogP contribution in [0.1, 0.15) is 43.2 Å². The van der Waals surface area contributed by atoms with E-state index in [-0.39, 0.29) is 30.3 Å². The fraction of sp³-hybridized carbons (Fsp3) is 0.400. The molecule has 0 aliphatic heterocycles. The highest BCUT2D eigenvalue weighted by molar-refractivity contribution is 5.80. The zero-order chi connectivity index (χ0) is 23.4. The summed E-state index contributed by atoms with van der Waals surface area (Å²) in [4.78, 5) is 40.5. The molecule has 2 amide bonds. The Morgan fingerprint density at radius 2 is 1.67 bits per heavy atom. The number of ether oxygens (including phenoxy) is 1. The maximum absolute atomic E-state index is 12.4. The van der Waals surface area contributed by atoms with Gasteiger partial charge >= 0.3 is 12.1 Å². The van der Waals surface area contributed by atoms with E-state index >= 15 is 0 Å². The van der Waals surface area contributed by atoms with Crippen LogP contribution < -0.4 is 10.8 Å². The number of benzene rings is 2. The summed E-state index contributed by atoms with van der Waals surface area (Å²) in [5.41, 5.74) is 6.87. The molecule has 0 radical (unpaired) electrons. The van der Waals surface area contributed by atoms with E-state index in [1.54, 1.807) is 0 Å². The fourth-order valence-corrected chi connectivity index (χ4v) is 4.76. The summed E-state index contributed by atoms with van der Waals surface area (Å²) in [5, 5.41) is 11.6. The van der Waals surface area contributed by atoms with Gasteiger partial charge in [0, 0.05) is 18.4 Å². The molecule has 2 aromatic rings. The third-order valence-corrected chi connectivity index (χ3v) is 6.53. The minimum atomic E-state index is -1.16. The van der Waals surface area contributed by atoms with Gasteiger partial charge in [-0.15, -0.1) is 0 Å². The topological polar surface area (TPSA) is 114 Å². The quantitative estimate of drug-likeness (QED) is 0.529. The number of amides is 2. The molecule has 3 N–H and O–H groups in total. The Hall–Kier alpha value is -3.39. The average Bonchev–Trinajstić information content (AvgIpc) is 3.42. The summed E-state index contributed by atoms with van der Waals surface area (Å²) >= 11 is 0. The van der Waals surface area contributed by atoms with Gasteiger partial charge in [-0.3, -0.25) is 9.63 Å². The first-order valence-electron chi connectivity index (χ1n) is 11.2. The molecule has 8 heteroatoms. The van der Waals surface area contributed by atoms with Crippen molar-refractivity contribution < 1.29 is 29.1 Å². The lowest BCUT2D eigenvalue weighted by Crippen LogP contribution is -2.40. The predicted molar refractivity (Wildman–Crippen MR) is 120 cm³/mol. The van der Waals surface area contributed by atoms with Crippen LogP contribution in [-0.2, 0) is 19.2 Å². The smallest absolute Gasteiger partial charge is 0.407 e. The minimum absolute atomic E-state index is 0.0125. The Kier molecular flexibility index (Phi) is 6.93. The Bertz CT molecular complexity index is 994. The van der Waals surface area contributed by atoms with Gasteiger partial charge in [0.15, 0.2) is 6.10 Å². The standard InChI is InChI=1S/C25H28N2O6/c1-15(24(29)30)33-27-23(28)17-12-6-7-16(17)13-26-25(31)32-14-22-20-10-4-2-8-18(20)19-9-3-5-11-21(19)22/h2-5,8-11,15-17,22H,6-7,12-14H2,1H3,(H,26,31)(H,27,28)(H,29,30)/t15?,16-,17-/m1/s1. The Morgan fingerprint density at radius 1 is 1.03 bits per heavy atom. The van der Waals surface area contributed by atoms with Gasteiger partial charge in [-0.05, 0) is 47.9 Å². The van der Waals surface area contributed by atoms with E-state index in [0.717, 1.165) is 24.0 Å². The monoisotopic (exact) mass is 452 g/mol. The number of carbonyl (C=O) groups is 3. The molecule has 2 aliphatic rings. The molecule has 1 unspecified atom stereocenters. The maximum atomic E-state index is 12.4. The number of aliphatic carboxylic acids is 1. The van der Waals surface area contributed by atoms with E-state index in [1.165, 1.54) is 18.1 Å². The normalized spacial score (nSPS) is 19.9. The summed E-state index contributed by atoms with van der Waals surface area (Å²) in [5.74, 6) is -1.94. The Morgan fingerprint density at radius 3 is 2.30 bits per heavy atom. The predicted octanol–water partition coefficient (Wildman–Crippen LogP) is 3.46. The number of hydrogen-bond donors (Lipinski definition) is 3. The lowest BCUT2D eigenvalue weighted by Gasteiger charge is -2.20. The van der Waals surface area contributed by atoms with E-state index in [9.17, 15) is 14.4 Å². The number of alkyl carbamates (subject to hydrolysis) is 1. The SMILES string of the molecule is CC(ONC(=O)[C@@H]1CCC[C@@H]1CNC(=O)OCC1c2ccccc2-c2ccccc21)C(=O)O. The van der Waals surface area contributed by atoms with E-state index in [0.29, 0.717) is 13.0 Å². The Labute approximate surface area is 192 Å². The molecule has 0 spiro atoms. The van der Waals surface area contributed by atoms with Crippen molar-refractivity contribution in [3.05, 3.63) is 59.7 Å². The molecule has 174 valence electrons. The molecular weight excluding hydrogens is 424 g/mol. The van der Waals surface area contributed by atoms with E-state index in [1.807, 2.05) is 24.3 Å². The lowest BCUT2D eigenvalue weighted by atomic mass is 9.95. The van der Waals surface area contributed by atoms with E-state index < -0.39 is 18.2 Å². The van der Waals surface area contributed by atoms with Gasteiger partial charge in [-0.1, -0.05) is 55.0 Å². The van der Waals surface area contributed by atoms with E-state index in [2.05, 4.69) is 35.1 Å².